The summed E-state index contributed by atoms with van der Waals surface area (Å²) in [6.45, 7) is 13.3. The number of hydrogen-bond acceptors (Lipinski definition) is 4. The van der Waals surface area contributed by atoms with E-state index in [9.17, 15) is 9.59 Å². The minimum Gasteiger partial charge on any atom is -0.466 e. The van der Waals surface area contributed by atoms with Crippen molar-refractivity contribution in [2.75, 3.05) is 6.61 Å². The molecular formula is C22H36O4Si. The van der Waals surface area contributed by atoms with Crippen LogP contribution in [-0.2, 0) is 25.2 Å². The number of carbonyl (C=O) groups is 2. The summed E-state index contributed by atoms with van der Waals surface area (Å²) in [5, 5.41) is 0.141. The van der Waals surface area contributed by atoms with Crippen molar-refractivity contribution in [2.24, 2.45) is 0 Å². The zero-order valence-electron chi connectivity index (χ0n) is 17.8. The predicted molar refractivity (Wildman–Crippen MR) is 112 cm³/mol. The van der Waals surface area contributed by atoms with E-state index in [-0.39, 0.29) is 23.3 Å². The molecule has 0 aliphatic carbocycles. The number of Topliss-reactive ketones (excluding diaryl/α,β-unsaturated/α-hetero) is 1. The zero-order valence-corrected chi connectivity index (χ0v) is 18.8. The number of esters is 1. The van der Waals surface area contributed by atoms with Gasteiger partial charge in [-0.2, -0.15) is 0 Å². The first-order valence-electron chi connectivity index (χ1n) is 9.94. The van der Waals surface area contributed by atoms with Gasteiger partial charge in [0.2, 0.25) is 0 Å². The van der Waals surface area contributed by atoms with Crippen LogP contribution in [-0.4, -0.2) is 32.8 Å². The van der Waals surface area contributed by atoms with Gasteiger partial charge in [-0.1, -0.05) is 51.1 Å². The normalized spacial score (nSPS) is 13.3. The highest BCUT2D eigenvalue weighted by atomic mass is 28.4. The maximum absolute atomic E-state index is 12.0. The van der Waals surface area contributed by atoms with E-state index in [0.717, 1.165) is 19.3 Å². The molecule has 27 heavy (non-hydrogen) atoms. The Labute approximate surface area is 165 Å². The molecule has 0 bridgehead atoms. The lowest BCUT2D eigenvalue weighted by Gasteiger charge is -2.39. The Morgan fingerprint density at radius 2 is 1.74 bits per heavy atom. The average molecular weight is 393 g/mol. The van der Waals surface area contributed by atoms with Crippen LogP contribution in [0.15, 0.2) is 30.3 Å². The van der Waals surface area contributed by atoms with Gasteiger partial charge in [0.15, 0.2) is 8.32 Å². The Balaban J connectivity index is 2.66. The molecule has 0 aliphatic heterocycles. The van der Waals surface area contributed by atoms with Crippen LogP contribution in [0.5, 0.6) is 0 Å². The van der Waals surface area contributed by atoms with Crippen LogP contribution < -0.4 is 0 Å². The summed E-state index contributed by atoms with van der Waals surface area (Å²) in [5.41, 5.74) is 1.25. The van der Waals surface area contributed by atoms with Gasteiger partial charge < -0.3 is 9.16 Å². The van der Waals surface area contributed by atoms with Crippen molar-refractivity contribution in [3.8, 4) is 0 Å². The number of ether oxygens (including phenoxy) is 1. The molecule has 0 radical (unpaired) electrons. The van der Waals surface area contributed by atoms with Crippen molar-refractivity contribution in [2.45, 2.75) is 84.0 Å². The molecule has 0 spiro atoms. The van der Waals surface area contributed by atoms with Crippen LogP contribution in [0.3, 0.4) is 0 Å². The van der Waals surface area contributed by atoms with E-state index in [1.165, 1.54) is 5.56 Å². The molecule has 0 saturated heterocycles. The summed E-state index contributed by atoms with van der Waals surface area (Å²) in [4.78, 5) is 23.4. The molecule has 0 fully saturated rings. The fraction of sp³-hybridized carbons (Fsp3) is 0.636. The SMILES string of the molecule is CCOC(=O)CC(=O)CCCC(Cc1ccccc1)O[Si](C)(C)C(C)(C)C. The van der Waals surface area contributed by atoms with Crippen molar-refractivity contribution in [3.63, 3.8) is 0 Å². The molecule has 1 aromatic rings. The van der Waals surface area contributed by atoms with Crippen LogP contribution in [0.4, 0.5) is 0 Å². The van der Waals surface area contributed by atoms with Crippen LogP contribution in [0.25, 0.3) is 0 Å². The molecule has 0 N–H and O–H groups in total. The molecule has 1 rings (SSSR count). The first kappa shape index (κ1) is 23.6. The molecule has 1 unspecified atom stereocenters. The van der Waals surface area contributed by atoms with Crippen molar-refractivity contribution >= 4 is 20.1 Å². The fourth-order valence-electron chi connectivity index (χ4n) is 2.66. The van der Waals surface area contributed by atoms with Crippen LogP contribution >= 0.6 is 0 Å². The van der Waals surface area contributed by atoms with E-state index in [1.807, 2.05) is 18.2 Å². The van der Waals surface area contributed by atoms with Gasteiger partial charge in [-0.25, -0.2) is 0 Å². The lowest BCUT2D eigenvalue weighted by Crippen LogP contribution is -2.44. The van der Waals surface area contributed by atoms with E-state index in [1.54, 1.807) is 6.92 Å². The molecule has 0 aliphatic rings. The van der Waals surface area contributed by atoms with E-state index in [2.05, 4.69) is 46.0 Å². The Morgan fingerprint density at radius 1 is 1.11 bits per heavy atom. The van der Waals surface area contributed by atoms with Gasteiger partial charge in [0, 0.05) is 12.5 Å². The summed E-state index contributed by atoms with van der Waals surface area (Å²) < 4.78 is 11.5. The maximum Gasteiger partial charge on any atom is 0.313 e. The average Bonchev–Trinajstić information content (AvgIpc) is 2.54. The van der Waals surface area contributed by atoms with Crippen LogP contribution in [0.1, 0.15) is 58.9 Å². The Bertz CT molecular complexity index is 590. The van der Waals surface area contributed by atoms with Crippen molar-refractivity contribution in [1.82, 2.24) is 0 Å². The standard InChI is InChI=1S/C22H36O4Si/c1-7-25-21(24)17-19(23)14-11-15-20(16-18-12-9-8-10-13-18)26-27(5,6)22(2,3)4/h8-10,12-13,20H,7,11,14-17H2,1-6H3. The molecule has 4 nitrogen and oxygen atoms in total. The third-order valence-corrected chi connectivity index (χ3v) is 9.74. The predicted octanol–water partition coefficient (Wildman–Crippen LogP) is 5.31. The first-order chi connectivity index (χ1) is 12.5. The van der Waals surface area contributed by atoms with Gasteiger partial charge in [-0.3, -0.25) is 9.59 Å². The number of carbonyl (C=O) groups excluding carboxylic acids is 2. The second kappa shape index (κ2) is 10.8. The van der Waals surface area contributed by atoms with Gasteiger partial charge in [0.1, 0.15) is 12.2 Å². The summed E-state index contributed by atoms with van der Waals surface area (Å²) in [6.07, 6.45) is 2.74. The smallest absolute Gasteiger partial charge is 0.313 e. The van der Waals surface area contributed by atoms with Gasteiger partial charge in [0.05, 0.1) is 6.61 Å². The van der Waals surface area contributed by atoms with Gasteiger partial charge in [-0.05, 0) is 49.9 Å². The second-order valence-corrected chi connectivity index (χ2v) is 13.4. The highest BCUT2D eigenvalue weighted by molar-refractivity contribution is 6.74. The Kier molecular flexibility index (Phi) is 9.40. The van der Waals surface area contributed by atoms with Crippen molar-refractivity contribution < 1.29 is 18.8 Å². The lowest BCUT2D eigenvalue weighted by molar-refractivity contribution is -0.145. The number of benzene rings is 1. The van der Waals surface area contributed by atoms with Crippen LogP contribution in [0.2, 0.25) is 18.1 Å². The largest absolute Gasteiger partial charge is 0.466 e. The topological polar surface area (TPSA) is 52.6 Å². The van der Waals surface area contributed by atoms with E-state index < -0.39 is 14.3 Å². The van der Waals surface area contributed by atoms with Crippen LogP contribution in [0, 0.1) is 0 Å². The molecule has 0 aromatic heterocycles. The zero-order chi connectivity index (χ0) is 20.5. The first-order valence-corrected chi connectivity index (χ1v) is 12.8. The van der Waals surface area contributed by atoms with Gasteiger partial charge in [0.25, 0.3) is 0 Å². The fourth-order valence-corrected chi connectivity index (χ4v) is 4.05. The summed E-state index contributed by atoms with van der Waals surface area (Å²) in [6, 6.07) is 10.3. The number of hydrogen-bond donors (Lipinski definition) is 0. The number of ketones is 1. The van der Waals surface area contributed by atoms with E-state index >= 15 is 0 Å². The molecule has 152 valence electrons. The number of rotatable bonds is 11. The minimum atomic E-state index is -1.89. The van der Waals surface area contributed by atoms with Gasteiger partial charge in [-0.15, -0.1) is 0 Å². The van der Waals surface area contributed by atoms with Crippen molar-refractivity contribution in [1.29, 1.82) is 0 Å². The molecule has 1 atom stereocenters. The summed E-state index contributed by atoms with van der Waals surface area (Å²) in [7, 11) is -1.89. The molecule has 1 aromatic carbocycles. The highest BCUT2D eigenvalue weighted by Gasteiger charge is 2.39. The quantitative estimate of drug-likeness (QED) is 0.291. The van der Waals surface area contributed by atoms with E-state index in [0.29, 0.717) is 13.0 Å². The third kappa shape index (κ3) is 8.84. The molecule has 5 heteroatoms. The maximum atomic E-state index is 12.0. The second-order valence-electron chi connectivity index (χ2n) is 8.60. The molecule has 0 heterocycles. The monoisotopic (exact) mass is 392 g/mol. The summed E-state index contributed by atoms with van der Waals surface area (Å²) >= 11 is 0. The Morgan fingerprint density at radius 3 is 2.30 bits per heavy atom. The van der Waals surface area contributed by atoms with Crippen molar-refractivity contribution in [3.05, 3.63) is 35.9 Å². The van der Waals surface area contributed by atoms with Gasteiger partial charge >= 0.3 is 5.97 Å². The third-order valence-electron chi connectivity index (χ3n) is 5.20. The van der Waals surface area contributed by atoms with E-state index in [4.69, 9.17) is 9.16 Å². The Hall–Kier alpha value is -1.46. The lowest BCUT2D eigenvalue weighted by atomic mass is 10.0. The molecular weight excluding hydrogens is 356 g/mol. The highest BCUT2D eigenvalue weighted by Crippen LogP contribution is 2.38. The minimum absolute atomic E-state index is 0.0563. The molecule has 0 amide bonds. The molecule has 0 saturated carbocycles. The summed E-state index contributed by atoms with van der Waals surface area (Å²) in [5.74, 6) is -0.486.